The van der Waals surface area contributed by atoms with Gasteiger partial charge in [-0.3, -0.25) is 4.72 Å². The molecule has 0 saturated carbocycles. The molecular weight excluding hydrogens is 595 g/mol. The fourth-order valence-corrected chi connectivity index (χ4v) is 5.88. The van der Waals surface area contributed by atoms with Gasteiger partial charge in [0.1, 0.15) is 21.8 Å². The highest BCUT2D eigenvalue weighted by Gasteiger charge is 2.35. The number of piperidine rings is 1. The number of thiazole rings is 1. The molecule has 2 aromatic heterocycles. The van der Waals surface area contributed by atoms with E-state index in [0.717, 1.165) is 6.07 Å². The van der Waals surface area contributed by atoms with E-state index in [1.807, 2.05) is 0 Å². The summed E-state index contributed by atoms with van der Waals surface area (Å²) in [6.45, 7) is 2.60. The lowest BCUT2D eigenvalue weighted by Gasteiger charge is -2.26. The first-order valence-electron chi connectivity index (χ1n) is 10.9. The molecule has 1 fully saturated rings. The predicted molar refractivity (Wildman–Crippen MR) is 138 cm³/mol. The van der Waals surface area contributed by atoms with Crippen LogP contribution in [0.2, 0.25) is 10.0 Å². The van der Waals surface area contributed by atoms with Gasteiger partial charge in [0.2, 0.25) is 21.9 Å². The smallest absolute Gasteiger partial charge is 0.404 e. The fourth-order valence-electron chi connectivity index (χ4n) is 3.59. The number of halogens is 6. The van der Waals surface area contributed by atoms with Gasteiger partial charge in [-0.15, -0.1) is 11.3 Å². The molecule has 38 heavy (non-hydrogen) atoms. The van der Waals surface area contributed by atoms with Crippen LogP contribution in [0.4, 0.5) is 29.2 Å². The van der Waals surface area contributed by atoms with Crippen LogP contribution in [-0.2, 0) is 10.0 Å². The molecule has 1 saturated heterocycles. The summed E-state index contributed by atoms with van der Waals surface area (Å²) in [4.78, 5) is 13.6. The van der Waals surface area contributed by atoms with E-state index in [9.17, 15) is 26.0 Å². The Balaban J connectivity index is 1.56. The molecule has 1 aliphatic heterocycles. The van der Waals surface area contributed by atoms with Crippen LogP contribution < -0.4 is 20.1 Å². The molecule has 1 aromatic carbocycles. The fraction of sp³-hybridized carbons (Fsp3) is 0.381. The standard InChI is InChI=1S/C21H20Cl2F4N6O3S2/c1-10-30-19(18(37-10)14-4-5-29-20(32-14)31-12-6-11(24)7-28-8-12)36-15-3-2-13(16(22)17(15)23)33-38(34,35)9-21(25,26)27/h2-5,11-12,28,33H,6-9H2,1H3,(H,29,31,32)/t11-,12-/m0/s1. The molecule has 3 N–H and O–H groups in total. The molecule has 3 heterocycles. The molecule has 206 valence electrons. The van der Waals surface area contributed by atoms with E-state index in [2.05, 4.69) is 25.6 Å². The van der Waals surface area contributed by atoms with Crippen molar-refractivity contribution in [2.45, 2.75) is 31.7 Å². The van der Waals surface area contributed by atoms with Crippen LogP contribution in [0.3, 0.4) is 0 Å². The zero-order chi connectivity index (χ0) is 27.7. The van der Waals surface area contributed by atoms with E-state index in [1.165, 1.54) is 23.6 Å². The molecule has 0 amide bonds. The number of anilines is 2. The van der Waals surface area contributed by atoms with Gasteiger partial charge in [-0.2, -0.15) is 13.2 Å². The highest BCUT2D eigenvalue weighted by Crippen LogP contribution is 2.43. The average Bonchev–Trinajstić information content (AvgIpc) is 3.17. The summed E-state index contributed by atoms with van der Waals surface area (Å²) in [5.74, 6) is -1.70. The van der Waals surface area contributed by atoms with E-state index in [-0.39, 0.29) is 39.4 Å². The van der Waals surface area contributed by atoms with Gasteiger partial charge in [0.15, 0.2) is 5.75 Å². The first-order chi connectivity index (χ1) is 17.8. The Bertz CT molecular complexity index is 1420. The van der Waals surface area contributed by atoms with Crippen LogP contribution in [0.15, 0.2) is 24.4 Å². The predicted octanol–water partition coefficient (Wildman–Crippen LogP) is 5.42. The number of rotatable bonds is 8. The zero-order valence-electron chi connectivity index (χ0n) is 19.4. The first kappa shape index (κ1) is 28.5. The van der Waals surface area contributed by atoms with E-state index < -0.39 is 28.1 Å². The van der Waals surface area contributed by atoms with Gasteiger partial charge < -0.3 is 15.4 Å². The molecule has 3 aromatic rings. The molecular formula is C21H20Cl2F4N6O3S2. The average molecular weight is 615 g/mol. The molecule has 0 unspecified atom stereocenters. The minimum absolute atomic E-state index is 0.0170. The Kier molecular flexibility index (Phi) is 8.52. The van der Waals surface area contributed by atoms with Gasteiger partial charge in [-0.1, -0.05) is 23.2 Å². The maximum absolute atomic E-state index is 13.7. The number of alkyl halides is 4. The van der Waals surface area contributed by atoms with Crippen molar-refractivity contribution >= 4 is 56.2 Å². The summed E-state index contributed by atoms with van der Waals surface area (Å²) < 4.78 is 82.6. The number of nitrogens with zero attached hydrogens (tertiary/aromatic N) is 3. The minimum atomic E-state index is -4.94. The monoisotopic (exact) mass is 614 g/mol. The Labute approximate surface area is 229 Å². The van der Waals surface area contributed by atoms with Gasteiger partial charge in [0.25, 0.3) is 0 Å². The van der Waals surface area contributed by atoms with Crippen molar-refractivity contribution in [1.29, 1.82) is 0 Å². The third-order valence-corrected chi connectivity index (χ3v) is 8.17. The lowest BCUT2D eigenvalue weighted by Crippen LogP contribution is -2.44. The summed E-state index contributed by atoms with van der Waals surface area (Å²) in [5.41, 5.74) is 0.115. The summed E-state index contributed by atoms with van der Waals surface area (Å²) in [7, 11) is -4.78. The van der Waals surface area contributed by atoms with Gasteiger partial charge in [0, 0.05) is 31.7 Å². The number of sulfonamides is 1. The Morgan fingerprint density at radius 2 is 1.95 bits per heavy atom. The van der Waals surface area contributed by atoms with Crippen LogP contribution in [0.1, 0.15) is 11.4 Å². The zero-order valence-corrected chi connectivity index (χ0v) is 22.6. The topological polar surface area (TPSA) is 118 Å². The maximum Gasteiger partial charge on any atom is 0.404 e. The number of nitrogens with one attached hydrogen (secondary N) is 3. The molecule has 2 atom stereocenters. The van der Waals surface area contributed by atoms with Gasteiger partial charge in [-0.05, 0) is 25.1 Å². The van der Waals surface area contributed by atoms with Gasteiger partial charge >= 0.3 is 6.18 Å². The molecule has 0 spiro atoms. The maximum atomic E-state index is 13.7. The number of aryl methyl sites for hydroxylation is 1. The summed E-state index contributed by atoms with van der Waals surface area (Å²) in [6, 6.07) is 3.81. The van der Waals surface area contributed by atoms with Crippen LogP contribution in [0.25, 0.3) is 10.6 Å². The third kappa shape index (κ3) is 7.34. The van der Waals surface area contributed by atoms with Gasteiger partial charge in [0.05, 0.1) is 21.4 Å². The largest absolute Gasteiger partial charge is 0.436 e. The van der Waals surface area contributed by atoms with Crippen molar-refractivity contribution in [3.8, 4) is 22.2 Å². The second-order valence-corrected chi connectivity index (χ2v) is 12.0. The van der Waals surface area contributed by atoms with Crippen molar-refractivity contribution < 1.29 is 30.7 Å². The summed E-state index contributed by atoms with van der Waals surface area (Å²) >= 11 is 13.6. The highest BCUT2D eigenvalue weighted by atomic mass is 35.5. The molecule has 0 bridgehead atoms. The van der Waals surface area contributed by atoms with Crippen molar-refractivity contribution in [1.82, 2.24) is 20.3 Å². The second-order valence-electron chi connectivity index (χ2n) is 8.28. The molecule has 0 radical (unpaired) electrons. The van der Waals surface area contributed by atoms with Crippen molar-refractivity contribution in [3.63, 3.8) is 0 Å². The number of hydrogen-bond acceptors (Lipinski definition) is 9. The van der Waals surface area contributed by atoms with Crippen LogP contribution in [0.5, 0.6) is 11.6 Å². The van der Waals surface area contributed by atoms with Crippen LogP contribution >= 0.6 is 34.5 Å². The highest BCUT2D eigenvalue weighted by molar-refractivity contribution is 7.92. The third-order valence-electron chi connectivity index (χ3n) is 5.09. The minimum Gasteiger partial charge on any atom is -0.436 e. The lowest BCUT2D eigenvalue weighted by molar-refractivity contribution is -0.106. The van der Waals surface area contributed by atoms with E-state index >= 15 is 0 Å². The molecule has 4 rings (SSSR count). The van der Waals surface area contributed by atoms with Crippen molar-refractivity contribution in [2.24, 2.45) is 0 Å². The molecule has 1 aliphatic rings. The lowest BCUT2D eigenvalue weighted by atomic mass is 10.1. The van der Waals surface area contributed by atoms with Crippen molar-refractivity contribution in [3.05, 3.63) is 39.4 Å². The van der Waals surface area contributed by atoms with Crippen LogP contribution in [-0.4, -0.2) is 60.6 Å². The Hall–Kier alpha value is -2.46. The number of hydrogen-bond donors (Lipinski definition) is 3. The summed E-state index contributed by atoms with van der Waals surface area (Å²) in [5, 5.41) is 6.12. The SMILES string of the molecule is Cc1nc(Oc2ccc(NS(=O)(=O)CC(F)(F)F)c(Cl)c2Cl)c(-c2ccnc(N[C@@H]3CNC[C@@H](F)C3)n2)s1. The Morgan fingerprint density at radius 3 is 2.66 bits per heavy atom. The number of ether oxygens (including phenoxy) is 1. The second kappa shape index (κ2) is 11.3. The van der Waals surface area contributed by atoms with E-state index in [0.29, 0.717) is 35.1 Å². The number of benzene rings is 1. The van der Waals surface area contributed by atoms with E-state index in [1.54, 1.807) is 17.7 Å². The van der Waals surface area contributed by atoms with Crippen LogP contribution in [0, 0.1) is 6.92 Å². The molecule has 17 heteroatoms. The first-order valence-corrected chi connectivity index (χ1v) is 14.2. The molecule has 9 nitrogen and oxygen atoms in total. The van der Waals surface area contributed by atoms with E-state index in [4.69, 9.17) is 27.9 Å². The Morgan fingerprint density at radius 1 is 1.18 bits per heavy atom. The quantitative estimate of drug-likeness (QED) is 0.288. The van der Waals surface area contributed by atoms with Crippen molar-refractivity contribution in [2.75, 3.05) is 28.9 Å². The normalized spacial score (nSPS) is 18.3. The summed E-state index contributed by atoms with van der Waals surface area (Å²) in [6.07, 6.45) is -4.07. The van der Waals surface area contributed by atoms with Gasteiger partial charge in [-0.25, -0.2) is 27.8 Å². The molecule has 0 aliphatic carbocycles. The number of aromatic nitrogens is 3.